The Morgan fingerprint density at radius 3 is 3.00 bits per heavy atom. The Kier molecular flexibility index (Phi) is 5.87. The Hall–Kier alpha value is -0.520. The van der Waals surface area contributed by atoms with Gasteiger partial charge in [-0.2, -0.15) is 11.8 Å². The molecule has 0 aliphatic rings. The summed E-state index contributed by atoms with van der Waals surface area (Å²) in [6, 6.07) is 1.73. The van der Waals surface area contributed by atoms with Crippen molar-refractivity contribution in [3.8, 4) is 0 Å². The third-order valence-corrected chi connectivity index (χ3v) is 4.31. The van der Waals surface area contributed by atoms with E-state index in [1.165, 1.54) is 11.3 Å². The molecule has 16 heavy (non-hydrogen) atoms. The maximum absolute atomic E-state index is 10.7. The van der Waals surface area contributed by atoms with Gasteiger partial charge in [-0.3, -0.25) is 0 Å². The zero-order valence-corrected chi connectivity index (χ0v) is 11.2. The van der Waals surface area contributed by atoms with Gasteiger partial charge in [-0.25, -0.2) is 4.79 Å². The lowest BCUT2D eigenvalue weighted by molar-refractivity contribution is 0.0697. The highest BCUT2D eigenvalue weighted by Gasteiger charge is 2.06. The van der Waals surface area contributed by atoms with Crippen molar-refractivity contribution >= 4 is 29.1 Å². The predicted molar refractivity (Wildman–Crippen MR) is 70.6 cm³/mol. The summed E-state index contributed by atoms with van der Waals surface area (Å²) < 4.78 is 0. The van der Waals surface area contributed by atoms with Crippen molar-refractivity contribution in [2.75, 3.05) is 12.8 Å². The number of thiophene rings is 1. The number of nitrogens with one attached hydrogen (secondary N) is 1. The quantitative estimate of drug-likeness (QED) is 0.739. The lowest BCUT2D eigenvalue weighted by Gasteiger charge is -2.07. The number of rotatable bonds is 7. The van der Waals surface area contributed by atoms with Crippen molar-refractivity contribution in [2.45, 2.75) is 25.1 Å². The van der Waals surface area contributed by atoms with Crippen LogP contribution in [0, 0.1) is 0 Å². The van der Waals surface area contributed by atoms with Crippen molar-refractivity contribution in [1.82, 2.24) is 5.32 Å². The first-order valence-corrected chi connectivity index (χ1v) is 7.34. The molecule has 1 rings (SSSR count). The second-order valence-corrected chi connectivity index (χ2v) is 5.89. The fourth-order valence-corrected chi connectivity index (χ4v) is 2.40. The summed E-state index contributed by atoms with van der Waals surface area (Å²) in [6.07, 6.45) is 3.25. The summed E-state index contributed by atoms with van der Waals surface area (Å²) in [5.74, 6) is -0.849. The highest BCUT2D eigenvalue weighted by molar-refractivity contribution is 7.99. The second-order valence-electron chi connectivity index (χ2n) is 3.62. The van der Waals surface area contributed by atoms with Crippen LogP contribution in [0.5, 0.6) is 0 Å². The number of hydrogen-bond acceptors (Lipinski definition) is 4. The molecule has 0 radical (unpaired) electrons. The van der Waals surface area contributed by atoms with Gasteiger partial charge < -0.3 is 10.4 Å². The Balaban J connectivity index is 2.24. The molecule has 1 heterocycles. The minimum Gasteiger partial charge on any atom is -0.478 e. The number of carbonyl (C=O) groups is 1. The molecule has 0 saturated heterocycles. The van der Waals surface area contributed by atoms with Gasteiger partial charge in [0.25, 0.3) is 0 Å². The fraction of sp³-hybridized carbons (Fsp3) is 0.545. The van der Waals surface area contributed by atoms with Crippen LogP contribution in [0.3, 0.4) is 0 Å². The Labute approximate surface area is 104 Å². The van der Waals surface area contributed by atoms with Crippen molar-refractivity contribution in [1.29, 1.82) is 0 Å². The first-order chi connectivity index (χ1) is 7.63. The molecule has 1 aromatic heterocycles. The van der Waals surface area contributed by atoms with Gasteiger partial charge >= 0.3 is 5.97 Å². The van der Waals surface area contributed by atoms with Crippen LogP contribution in [0.15, 0.2) is 11.4 Å². The van der Waals surface area contributed by atoms with Crippen LogP contribution < -0.4 is 5.32 Å². The zero-order valence-electron chi connectivity index (χ0n) is 9.53. The van der Waals surface area contributed by atoms with E-state index in [9.17, 15) is 4.79 Å². The molecule has 0 fully saturated rings. The molecule has 0 saturated carbocycles. The minimum atomic E-state index is -0.849. The summed E-state index contributed by atoms with van der Waals surface area (Å²) in [5.41, 5.74) is 0.388. The van der Waals surface area contributed by atoms with Crippen LogP contribution in [0.2, 0.25) is 0 Å². The van der Waals surface area contributed by atoms with E-state index in [0.717, 1.165) is 24.4 Å². The van der Waals surface area contributed by atoms with Crippen LogP contribution in [-0.4, -0.2) is 29.1 Å². The molecule has 0 aliphatic carbocycles. The Morgan fingerprint density at radius 2 is 2.44 bits per heavy atom. The normalized spacial score (nSPS) is 12.6. The molecule has 0 aliphatic heterocycles. The molecule has 0 spiro atoms. The maximum atomic E-state index is 10.7. The summed E-state index contributed by atoms with van der Waals surface area (Å²) in [4.78, 5) is 11.7. The van der Waals surface area contributed by atoms with E-state index in [1.54, 1.807) is 11.4 Å². The molecule has 1 unspecified atom stereocenters. The van der Waals surface area contributed by atoms with Gasteiger partial charge in [0.15, 0.2) is 0 Å². The predicted octanol–water partition coefficient (Wildman–Crippen LogP) is 2.68. The van der Waals surface area contributed by atoms with Crippen molar-refractivity contribution in [3.63, 3.8) is 0 Å². The maximum Gasteiger partial charge on any atom is 0.336 e. The highest BCUT2D eigenvalue weighted by Crippen LogP contribution is 2.14. The molecule has 1 aromatic rings. The van der Waals surface area contributed by atoms with Crippen molar-refractivity contribution in [3.05, 3.63) is 21.9 Å². The van der Waals surface area contributed by atoms with E-state index >= 15 is 0 Å². The van der Waals surface area contributed by atoms with E-state index in [1.807, 2.05) is 11.8 Å². The zero-order chi connectivity index (χ0) is 12.0. The van der Waals surface area contributed by atoms with Crippen molar-refractivity contribution < 1.29 is 9.90 Å². The third kappa shape index (κ3) is 4.55. The average molecular weight is 259 g/mol. The van der Waals surface area contributed by atoms with Crippen LogP contribution in [0.1, 0.15) is 28.6 Å². The summed E-state index contributed by atoms with van der Waals surface area (Å²) in [7, 11) is 0. The van der Waals surface area contributed by atoms with Crippen LogP contribution in [-0.2, 0) is 6.54 Å². The largest absolute Gasteiger partial charge is 0.478 e. The number of carboxylic acids is 1. The summed E-state index contributed by atoms with van der Waals surface area (Å²) in [5, 5.41) is 14.4. The monoisotopic (exact) mass is 259 g/mol. The molecule has 5 heteroatoms. The SMILES string of the molecule is CSC(C)CCNCc1cc(C(=O)O)cs1. The van der Waals surface area contributed by atoms with Crippen LogP contribution in [0.4, 0.5) is 0 Å². The molecule has 3 nitrogen and oxygen atoms in total. The van der Waals surface area contributed by atoms with Crippen molar-refractivity contribution in [2.24, 2.45) is 0 Å². The van der Waals surface area contributed by atoms with Gasteiger partial charge in [-0.15, -0.1) is 11.3 Å². The van der Waals surface area contributed by atoms with Gasteiger partial charge in [0.1, 0.15) is 0 Å². The lowest BCUT2D eigenvalue weighted by Crippen LogP contribution is -2.17. The van der Waals surface area contributed by atoms with E-state index in [0.29, 0.717) is 10.8 Å². The standard InChI is InChI=1S/C11H17NO2S2/c1-8(15-2)3-4-12-6-10-5-9(7-16-10)11(13)14/h5,7-8,12H,3-4,6H2,1-2H3,(H,13,14). The molecular weight excluding hydrogens is 242 g/mol. The van der Waals surface area contributed by atoms with E-state index in [-0.39, 0.29) is 0 Å². The number of thioether (sulfide) groups is 1. The van der Waals surface area contributed by atoms with Gasteiger partial charge in [-0.1, -0.05) is 6.92 Å². The second kappa shape index (κ2) is 6.93. The number of carboxylic acid groups (broad SMARTS) is 1. The van der Waals surface area contributed by atoms with E-state index in [2.05, 4.69) is 18.5 Å². The molecule has 0 bridgehead atoms. The highest BCUT2D eigenvalue weighted by atomic mass is 32.2. The van der Waals surface area contributed by atoms with Crippen LogP contribution in [0.25, 0.3) is 0 Å². The summed E-state index contributed by atoms with van der Waals surface area (Å²) >= 11 is 3.36. The van der Waals surface area contributed by atoms with Gasteiger partial charge in [0.2, 0.25) is 0 Å². The fourth-order valence-electron chi connectivity index (χ4n) is 1.22. The Bertz CT molecular complexity index is 338. The topological polar surface area (TPSA) is 49.3 Å². The first kappa shape index (κ1) is 13.5. The first-order valence-electron chi connectivity index (χ1n) is 5.17. The molecule has 0 amide bonds. The number of hydrogen-bond donors (Lipinski definition) is 2. The molecule has 2 N–H and O–H groups in total. The lowest BCUT2D eigenvalue weighted by atomic mass is 10.3. The minimum absolute atomic E-state index is 0.388. The summed E-state index contributed by atoms with van der Waals surface area (Å²) in [6.45, 7) is 3.95. The molecule has 0 aromatic carbocycles. The van der Waals surface area contributed by atoms with E-state index in [4.69, 9.17) is 5.11 Å². The number of aromatic carboxylic acids is 1. The van der Waals surface area contributed by atoms with Gasteiger partial charge in [0.05, 0.1) is 5.56 Å². The smallest absolute Gasteiger partial charge is 0.336 e. The molecular formula is C11H17NO2S2. The molecule has 1 atom stereocenters. The van der Waals surface area contributed by atoms with Gasteiger partial charge in [-0.05, 0) is 25.3 Å². The average Bonchev–Trinajstić information content (AvgIpc) is 2.72. The van der Waals surface area contributed by atoms with Crippen LogP contribution >= 0.6 is 23.1 Å². The van der Waals surface area contributed by atoms with E-state index < -0.39 is 5.97 Å². The van der Waals surface area contributed by atoms with Gasteiger partial charge in [0, 0.05) is 22.1 Å². The third-order valence-electron chi connectivity index (χ3n) is 2.33. The Morgan fingerprint density at radius 1 is 1.69 bits per heavy atom. The molecule has 90 valence electrons.